The molecule has 0 unspecified atom stereocenters. The summed E-state index contributed by atoms with van der Waals surface area (Å²) in [6, 6.07) is 0. The number of ketones is 1. The third-order valence-corrected chi connectivity index (χ3v) is 0.772. The maximum atomic E-state index is 10.4. The Labute approximate surface area is 64.8 Å². The summed E-state index contributed by atoms with van der Waals surface area (Å²) in [6.07, 6.45) is -0.247. The van der Waals surface area contributed by atoms with Gasteiger partial charge in [-0.05, 0) is 6.54 Å². The van der Waals surface area contributed by atoms with E-state index in [0.717, 1.165) is 0 Å². The molecule has 0 aliphatic heterocycles. The van der Waals surface area contributed by atoms with Crippen molar-refractivity contribution in [1.29, 1.82) is 0 Å². The zero-order chi connectivity index (χ0) is 7.28. The number of carboxylic acid groups (broad SMARTS) is 1. The molecular weight excluding hydrogens is 158 g/mol. The quantitative estimate of drug-likeness (QED) is 0.569. The Kier molecular flexibility index (Phi) is 7.88. The van der Waals surface area contributed by atoms with Crippen molar-refractivity contribution in [3.8, 4) is 0 Å². The van der Waals surface area contributed by atoms with E-state index in [1.54, 1.807) is 0 Å². The van der Waals surface area contributed by atoms with Gasteiger partial charge in [0.05, 0.1) is 0 Å². The second kappa shape index (κ2) is 6.51. The highest BCUT2D eigenvalue weighted by Crippen LogP contribution is 1.86. The van der Waals surface area contributed by atoms with Gasteiger partial charge in [-0.2, -0.15) is 0 Å². The minimum atomic E-state index is -1.09. The lowest BCUT2D eigenvalue weighted by atomic mass is 10.2. The Balaban J connectivity index is 0. The van der Waals surface area contributed by atoms with Crippen LogP contribution in [-0.2, 0) is 9.59 Å². The highest BCUT2D eigenvalue weighted by atomic mass is 35.5. The van der Waals surface area contributed by atoms with Crippen molar-refractivity contribution in [2.24, 2.45) is 5.73 Å². The first-order valence-corrected chi connectivity index (χ1v) is 2.60. The van der Waals surface area contributed by atoms with Crippen molar-refractivity contribution < 1.29 is 14.7 Å². The molecule has 0 aliphatic rings. The molecule has 5 heteroatoms. The summed E-state index contributed by atoms with van der Waals surface area (Å²) in [7, 11) is 0. The summed E-state index contributed by atoms with van der Waals surface area (Å²) >= 11 is 0. The van der Waals surface area contributed by atoms with Gasteiger partial charge in [0.2, 0.25) is 0 Å². The lowest BCUT2D eigenvalue weighted by Crippen LogP contribution is -2.11. The fraction of sp³-hybridized carbons (Fsp3) is 0.600. The molecule has 4 nitrogen and oxygen atoms in total. The monoisotopic (exact) mass is 167 g/mol. The van der Waals surface area contributed by atoms with Crippen LogP contribution in [0.2, 0.25) is 0 Å². The average Bonchev–Trinajstić information content (AvgIpc) is 1.63. The number of rotatable bonds is 4. The van der Waals surface area contributed by atoms with Crippen LogP contribution in [0.1, 0.15) is 12.8 Å². The van der Waals surface area contributed by atoms with E-state index in [9.17, 15) is 9.59 Å². The number of halogens is 1. The summed E-state index contributed by atoms with van der Waals surface area (Å²) in [5.74, 6) is -1.40. The first-order valence-electron chi connectivity index (χ1n) is 2.60. The van der Waals surface area contributed by atoms with Gasteiger partial charge in [-0.1, -0.05) is 0 Å². The number of hydrogen-bond donors (Lipinski definition) is 2. The van der Waals surface area contributed by atoms with E-state index >= 15 is 0 Å². The number of hydrogen-bond acceptors (Lipinski definition) is 3. The van der Waals surface area contributed by atoms with Crippen molar-refractivity contribution in [2.45, 2.75) is 12.8 Å². The standard InChI is InChI=1S/C5H9NO3.ClH/c6-2-1-4(7)3-5(8)9;/h1-3,6H2,(H,8,9);1H. The second-order valence-electron chi connectivity index (χ2n) is 1.65. The van der Waals surface area contributed by atoms with E-state index in [1.807, 2.05) is 0 Å². The number of carbonyl (C=O) groups excluding carboxylic acids is 1. The van der Waals surface area contributed by atoms with Gasteiger partial charge >= 0.3 is 5.97 Å². The molecule has 0 rings (SSSR count). The SMILES string of the molecule is Cl.NCCC(=O)CC(=O)O. The predicted octanol–water partition coefficient (Wildman–Crippen LogP) is -0.199. The first kappa shape index (κ1) is 12.1. The smallest absolute Gasteiger partial charge is 0.310 e. The molecule has 60 valence electrons. The van der Waals surface area contributed by atoms with Crippen molar-refractivity contribution >= 4 is 24.2 Å². The molecule has 0 radical (unpaired) electrons. The summed E-state index contributed by atoms with van der Waals surface area (Å²) in [5, 5.41) is 8.05. The van der Waals surface area contributed by atoms with Crippen LogP contribution in [0, 0.1) is 0 Å². The molecule has 10 heavy (non-hydrogen) atoms. The molecule has 0 spiro atoms. The molecule has 3 N–H and O–H groups in total. The second-order valence-corrected chi connectivity index (χ2v) is 1.65. The molecule has 0 saturated carbocycles. The van der Waals surface area contributed by atoms with Crippen LogP contribution in [0.15, 0.2) is 0 Å². The molecular formula is C5H10ClNO3. The number of carbonyl (C=O) groups is 2. The maximum absolute atomic E-state index is 10.4. The summed E-state index contributed by atoms with van der Waals surface area (Å²) in [6.45, 7) is 0.228. The summed E-state index contributed by atoms with van der Waals surface area (Å²) < 4.78 is 0. The first-order chi connectivity index (χ1) is 4.16. The Morgan fingerprint density at radius 2 is 1.90 bits per heavy atom. The number of carboxylic acids is 1. The van der Waals surface area contributed by atoms with Gasteiger partial charge in [0.1, 0.15) is 12.2 Å². The minimum Gasteiger partial charge on any atom is -0.481 e. The van der Waals surface area contributed by atoms with E-state index in [-0.39, 0.29) is 31.2 Å². The molecule has 0 aromatic carbocycles. The number of Topliss-reactive ketones (excluding diaryl/α,β-unsaturated/α-hetero) is 1. The molecule has 0 aromatic heterocycles. The molecule has 0 atom stereocenters. The highest BCUT2D eigenvalue weighted by molar-refractivity contribution is 5.94. The zero-order valence-corrected chi connectivity index (χ0v) is 6.19. The Morgan fingerprint density at radius 3 is 2.20 bits per heavy atom. The van der Waals surface area contributed by atoms with Crippen LogP contribution < -0.4 is 5.73 Å². The Morgan fingerprint density at radius 1 is 1.40 bits per heavy atom. The van der Waals surface area contributed by atoms with E-state index in [2.05, 4.69) is 0 Å². The molecule has 0 bridgehead atoms. The molecule has 0 fully saturated rings. The van der Waals surface area contributed by atoms with Crippen molar-refractivity contribution in [3.05, 3.63) is 0 Å². The number of nitrogens with two attached hydrogens (primary N) is 1. The van der Waals surface area contributed by atoms with Gasteiger partial charge in [0.25, 0.3) is 0 Å². The van der Waals surface area contributed by atoms with E-state index < -0.39 is 12.4 Å². The highest BCUT2D eigenvalue weighted by Gasteiger charge is 2.04. The van der Waals surface area contributed by atoms with E-state index in [0.29, 0.717) is 0 Å². The van der Waals surface area contributed by atoms with Gasteiger partial charge < -0.3 is 10.8 Å². The van der Waals surface area contributed by atoms with Crippen LogP contribution in [-0.4, -0.2) is 23.4 Å². The molecule has 0 aromatic rings. The third kappa shape index (κ3) is 7.39. The van der Waals surface area contributed by atoms with Gasteiger partial charge in [-0.25, -0.2) is 0 Å². The van der Waals surface area contributed by atoms with Crippen molar-refractivity contribution in [2.75, 3.05) is 6.54 Å². The van der Waals surface area contributed by atoms with Crippen LogP contribution in [0.25, 0.3) is 0 Å². The van der Waals surface area contributed by atoms with Crippen molar-refractivity contribution in [1.82, 2.24) is 0 Å². The van der Waals surface area contributed by atoms with Crippen LogP contribution in [0.5, 0.6) is 0 Å². The fourth-order valence-electron chi connectivity index (χ4n) is 0.418. The van der Waals surface area contributed by atoms with Gasteiger partial charge in [0.15, 0.2) is 0 Å². The minimum absolute atomic E-state index is 0. The zero-order valence-electron chi connectivity index (χ0n) is 5.37. The molecule has 0 aliphatic carbocycles. The van der Waals surface area contributed by atoms with Gasteiger partial charge in [-0.3, -0.25) is 9.59 Å². The third-order valence-electron chi connectivity index (χ3n) is 0.772. The average molecular weight is 168 g/mol. The predicted molar refractivity (Wildman–Crippen MR) is 38.2 cm³/mol. The van der Waals surface area contributed by atoms with E-state index in [4.69, 9.17) is 10.8 Å². The lowest BCUT2D eigenvalue weighted by Gasteiger charge is -1.90. The topological polar surface area (TPSA) is 80.4 Å². The lowest BCUT2D eigenvalue weighted by molar-refractivity contribution is -0.140. The van der Waals surface area contributed by atoms with Crippen LogP contribution in [0.3, 0.4) is 0 Å². The van der Waals surface area contributed by atoms with Crippen LogP contribution in [0.4, 0.5) is 0 Å². The van der Waals surface area contributed by atoms with Gasteiger partial charge in [-0.15, -0.1) is 12.4 Å². The largest absolute Gasteiger partial charge is 0.481 e. The van der Waals surface area contributed by atoms with Crippen molar-refractivity contribution in [3.63, 3.8) is 0 Å². The molecule has 0 heterocycles. The summed E-state index contributed by atoms with van der Waals surface area (Å²) in [5.41, 5.74) is 4.99. The van der Waals surface area contributed by atoms with E-state index in [1.165, 1.54) is 0 Å². The maximum Gasteiger partial charge on any atom is 0.310 e. The normalized spacial score (nSPS) is 8.10. The molecule has 0 saturated heterocycles. The summed E-state index contributed by atoms with van der Waals surface area (Å²) in [4.78, 5) is 20.2. The fourth-order valence-corrected chi connectivity index (χ4v) is 0.418. The van der Waals surface area contributed by atoms with Gasteiger partial charge in [0, 0.05) is 6.42 Å². The Bertz CT molecular complexity index is 126. The Hall–Kier alpha value is -0.610. The number of aliphatic carboxylic acids is 1. The van der Waals surface area contributed by atoms with Crippen LogP contribution >= 0.6 is 12.4 Å². The molecule has 0 amide bonds.